The molecule has 0 radical (unpaired) electrons. The van der Waals surface area contributed by atoms with Crippen LogP contribution in [0, 0.1) is 11.3 Å². The van der Waals surface area contributed by atoms with Crippen LogP contribution in [0.4, 0.5) is 5.95 Å². The van der Waals surface area contributed by atoms with Gasteiger partial charge in [0.25, 0.3) is 0 Å². The Morgan fingerprint density at radius 3 is 2.84 bits per heavy atom. The Morgan fingerprint density at radius 2 is 2.24 bits per heavy atom. The van der Waals surface area contributed by atoms with Gasteiger partial charge in [0.05, 0.1) is 12.4 Å². The predicted octanol–water partition coefficient (Wildman–Crippen LogP) is -1.29. The fourth-order valence-electron chi connectivity index (χ4n) is 2.73. The van der Waals surface area contributed by atoms with E-state index in [2.05, 4.69) is 21.3 Å². The highest BCUT2D eigenvalue weighted by Gasteiger charge is 2.57. The molecule has 0 aliphatic carbocycles. The maximum Gasteiger partial charge on any atom is 0.301 e. The van der Waals surface area contributed by atoms with E-state index in [1.54, 1.807) is 0 Å². The molecule has 5 atom stereocenters. The Balaban J connectivity index is 2.22. The molecule has 0 bridgehead atoms. The average molecular weight is 389 g/mol. The number of ether oxygens (including phenoxy) is 1. The molecule has 1 fully saturated rings. The largest absolute Gasteiger partial charge is 0.391 e. The van der Waals surface area contributed by atoms with Gasteiger partial charge in [-0.2, -0.15) is 9.66 Å². The summed E-state index contributed by atoms with van der Waals surface area (Å²) in [7, 11) is 0. The number of hydrogen-bond donors (Lipinski definition) is 4. The van der Waals surface area contributed by atoms with Crippen molar-refractivity contribution in [2.45, 2.75) is 36.3 Å². The summed E-state index contributed by atoms with van der Waals surface area (Å²) in [5.41, 5.74) is 4.91. The Labute approximate surface area is 150 Å². The van der Waals surface area contributed by atoms with Crippen molar-refractivity contribution in [3.63, 3.8) is 0 Å². The third kappa shape index (κ3) is 2.52. The van der Waals surface area contributed by atoms with Crippen molar-refractivity contribution in [2.24, 2.45) is 0 Å². The van der Waals surface area contributed by atoms with Crippen LogP contribution >= 0.6 is 23.2 Å². The fraction of sp³-hybridized carbons (Fsp3) is 0.462. The van der Waals surface area contributed by atoms with Crippen molar-refractivity contribution in [3.05, 3.63) is 16.7 Å². The molecule has 134 valence electrons. The van der Waals surface area contributed by atoms with Gasteiger partial charge < -0.3 is 26.5 Å². The molecule has 3 heterocycles. The topological polar surface area (TPSA) is 154 Å². The minimum Gasteiger partial charge on any atom is -0.391 e. The summed E-state index contributed by atoms with van der Waals surface area (Å²) < 4.78 is 7.61. The van der Waals surface area contributed by atoms with Gasteiger partial charge in [-0.25, -0.2) is 4.98 Å². The van der Waals surface area contributed by atoms with E-state index in [9.17, 15) is 15.0 Å². The van der Waals surface area contributed by atoms with Crippen molar-refractivity contribution >= 4 is 40.3 Å². The number of nitrogen functional groups attached to an aromatic ring is 2. The van der Waals surface area contributed by atoms with Gasteiger partial charge in [0.1, 0.15) is 12.2 Å². The highest BCUT2D eigenvalue weighted by Crippen LogP contribution is 2.45. The summed E-state index contributed by atoms with van der Waals surface area (Å²) >= 11 is 11.9. The predicted molar refractivity (Wildman–Crippen MR) is 90.2 cm³/mol. The summed E-state index contributed by atoms with van der Waals surface area (Å²) in [6.07, 6.45) is -3.41. The number of nitrogens with zero attached hydrogens (tertiary/aromatic N) is 4. The first-order valence-electron chi connectivity index (χ1n) is 7.05. The third-order valence-corrected chi connectivity index (χ3v) is 4.61. The van der Waals surface area contributed by atoms with E-state index < -0.39 is 35.0 Å². The van der Waals surface area contributed by atoms with Crippen LogP contribution in [-0.2, 0) is 4.74 Å². The van der Waals surface area contributed by atoms with E-state index in [-0.39, 0.29) is 17.1 Å². The summed E-state index contributed by atoms with van der Waals surface area (Å²) in [5.74, 6) is 7.71. The standard InChI is InChI=1S/C13H14Cl2N6O4/c1-5(22)7-8(23)13(15,2-3-14)11(25-7)20-4-18-6-9(20)19-12(16)21(17)10(6)24/h4-5,7-8,11,22-23H,17H2,1H3,(H2,16,19)/t5-,7-,8?,11-,13-/m1/s1. The Morgan fingerprint density at radius 1 is 1.56 bits per heavy atom. The van der Waals surface area contributed by atoms with Gasteiger partial charge in [0.15, 0.2) is 22.3 Å². The van der Waals surface area contributed by atoms with Crippen LogP contribution in [0.1, 0.15) is 13.2 Å². The van der Waals surface area contributed by atoms with E-state index in [1.165, 1.54) is 17.8 Å². The summed E-state index contributed by atoms with van der Waals surface area (Å²) in [4.78, 5) is 18.4. The smallest absolute Gasteiger partial charge is 0.301 e. The highest BCUT2D eigenvalue weighted by atomic mass is 35.5. The van der Waals surface area contributed by atoms with Gasteiger partial charge in [-0.3, -0.25) is 9.36 Å². The number of hydrogen-bond acceptors (Lipinski definition) is 8. The first-order chi connectivity index (χ1) is 11.7. The molecule has 2 aromatic rings. The molecule has 0 spiro atoms. The van der Waals surface area contributed by atoms with E-state index in [0.717, 1.165) is 0 Å². The van der Waals surface area contributed by atoms with E-state index in [1.807, 2.05) is 0 Å². The summed E-state index contributed by atoms with van der Waals surface area (Å²) in [6, 6.07) is 0. The van der Waals surface area contributed by atoms with Crippen LogP contribution in [-0.4, -0.2) is 52.6 Å². The van der Waals surface area contributed by atoms with Crippen molar-refractivity contribution in [1.82, 2.24) is 19.2 Å². The van der Waals surface area contributed by atoms with Gasteiger partial charge in [-0.1, -0.05) is 17.5 Å². The second kappa shape index (κ2) is 6.05. The molecule has 0 amide bonds. The van der Waals surface area contributed by atoms with E-state index in [4.69, 9.17) is 39.5 Å². The number of aliphatic hydroxyl groups excluding tert-OH is 2. The molecule has 1 saturated heterocycles. The van der Waals surface area contributed by atoms with Crippen molar-refractivity contribution in [1.29, 1.82) is 0 Å². The van der Waals surface area contributed by atoms with Crippen LogP contribution in [0.2, 0.25) is 0 Å². The first kappa shape index (κ1) is 17.8. The van der Waals surface area contributed by atoms with Gasteiger partial charge in [-0.05, 0) is 18.5 Å². The number of nitrogens with two attached hydrogens (primary N) is 2. The monoisotopic (exact) mass is 388 g/mol. The lowest BCUT2D eigenvalue weighted by molar-refractivity contribution is -0.0752. The van der Waals surface area contributed by atoms with Crippen LogP contribution in [0.5, 0.6) is 0 Å². The molecule has 1 unspecified atom stereocenters. The highest BCUT2D eigenvalue weighted by molar-refractivity contribution is 6.32. The molecule has 12 heteroatoms. The zero-order chi connectivity index (χ0) is 18.5. The molecule has 25 heavy (non-hydrogen) atoms. The lowest BCUT2D eigenvalue weighted by atomic mass is 9.97. The second-order valence-electron chi connectivity index (χ2n) is 5.60. The number of aromatic nitrogens is 4. The van der Waals surface area contributed by atoms with Crippen LogP contribution < -0.4 is 17.1 Å². The molecule has 10 nitrogen and oxygen atoms in total. The molecule has 2 aromatic heterocycles. The molecular weight excluding hydrogens is 375 g/mol. The second-order valence-corrected chi connectivity index (χ2v) is 6.41. The average Bonchev–Trinajstić information content (AvgIpc) is 3.06. The molecule has 0 saturated carbocycles. The number of alkyl halides is 1. The maximum atomic E-state index is 12.1. The third-order valence-electron chi connectivity index (χ3n) is 4.01. The first-order valence-corrected chi connectivity index (χ1v) is 7.81. The molecule has 6 N–H and O–H groups in total. The van der Waals surface area contributed by atoms with E-state index in [0.29, 0.717) is 4.68 Å². The molecular formula is C13H14Cl2N6O4. The normalized spacial score (nSPS) is 30.2. The Bertz CT molecular complexity index is 948. The fourth-order valence-corrected chi connectivity index (χ4v) is 3.26. The molecule has 0 aromatic carbocycles. The zero-order valence-corrected chi connectivity index (χ0v) is 14.3. The van der Waals surface area contributed by atoms with Gasteiger partial charge in [0.2, 0.25) is 5.95 Å². The van der Waals surface area contributed by atoms with Crippen molar-refractivity contribution in [3.8, 4) is 11.3 Å². The van der Waals surface area contributed by atoms with Gasteiger partial charge in [-0.15, -0.1) is 0 Å². The minimum atomic E-state index is -1.72. The number of halogens is 2. The van der Waals surface area contributed by atoms with Crippen LogP contribution in [0.15, 0.2) is 11.1 Å². The van der Waals surface area contributed by atoms with Crippen molar-refractivity contribution in [2.75, 3.05) is 11.6 Å². The quantitative estimate of drug-likeness (QED) is 0.281. The molecule has 3 rings (SSSR count). The lowest BCUT2D eigenvalue weighted by Gasteiger charge is -2.25. The van der Waals surface area contributed by atoms with Crippen LogP contribution in [0.25, 0.3) is 11.2 Å². The SMILES string of the molecule is C[C@@H](O)[C@H]1O[C@@H](n2cnc3c(=O)n(N)c(N)nc32)[C@@](Cl)(C#CCl)C1O. The maximum absolute atomic E-state index is 12.1. The summed E-state index contributed by atoms with van der Waals surface area (Å²) in [5, 5.41) is 22.4. The summed E-state index contributed by atoms with van der Waals surface area (Å²) in [6.45, 7) is 1.43. The lowest BCUT2D eigenvalue weighted by Crippen LogP contribution is -2.43. The Kier molecular flexibility index (Phi) is 4.30. The molecule has 1 aliphatic heterocycles. The van der Waals surface area contributed by atoms with Gasteiger partial charge in [0, 0.05) is 5.38 Å². The number of fused-ring (bicyclic) bond motifs is 1. The number of rotatable bonds is 2. The number of aliphatic hydroxyl groups is 2. The van der Waals surface area contributed by atoms with Gasteiger partial charge >= 0.3 is 5.56 Å². The Hall–Kier alpha value is -2.03. The van der Waals surface area contributed by atoms with E-state index >= 15 is 0 Å². The molecule has 1 aliphatic rings. The minimum absolute atomic E-state index is 0.0361. The van der Waals surface area contributed by atoms with Crippen molar-refractivity contribution < 1.29 is 14.9 Å². The number of anilines is 1. The number of imidazole rings is 1. The zero-order valence-electron chi connectivity index (χ0n) is 12.8. The van der Waals surface area contributed by atoms with Crippen LogP contribution in [0.3, 0.4) is 0 Å².